The van der Waals surface area contributed by atoms with Crippen LogP contribution in [-0.4, -0.2) is 4.98 Å². The fraction of sp³-hybridized carbons (Fsp3) is 0.333. The number of aromatic nitrogens is 1. The van der Waals surface area contributed by atoms with Crippen molar-refractivity contribution in [3.05, 3.63) is 35.5 Å². The normalized spacial score (nSPS) is 12.6. The van der Waals surface area contributed by atoms with Crippen molar-refractivity contribution in [2.24, 2.45) is 0 Å². The summed E-state index contributed by atoms with van der Waals surface area (Å²) in [7, 11) is 0. The highest BCUT2D eigenvalue weighted by atomic mass is 19.4. The van der Waals surface area contributed by atoms with Crippen LogP contribution in [0.4, 0.5) is 13.2 Å². The summed E-state index contributed by atoms with van der Waals surface area (Å²) >= 11 is 0. The molecule has 1 aromatic heterocycles. The molecule has 16 heavy (non-hydrogen) atoms. The molecule has 1 heterocycles. The molecule has 0 unspecified atom stereocenters. The Morgan fingerprint density at radius 1 is 1.19 bits per heavy atom. The summed E-state index contributed by atoms with van der Waals surface area (Å²) in [6, 6.07) is 3.81. The van der Waals surface area contributed by atoms with E-state index in [9.17, 15) is 13.2 Å². The van der Waals surface area contributed by atoms with Gasteiger partial charge in [-0.2, -0.15) is 13.2 Å². The second kappa shape index (κ2) is 3.54. The first-order valence-electron chi connectivity index (χ1n) is 5.08. The van der Waals surface area contributed by atoms with Gasteiger partial charge >= 0.3 is 6.18 Å². The molecule has 0 atom stereocenters. The summed E-state index contributed by atoms with van der Waals surface area (Å²) in [5, 5.41) is 0.864. The second-order valence-electron chi connectivity index (χ2n) is 4.16. The molecule has 0 aliphatic carbocycles. The minimum absolute atomic E-state index is 0.297. The molecular weight excluding hydrogens is 215 g/mol. The number of fused-ring (bicyclic) bond motifs is 1. The SMILES string of the molecule is CC(C)c1c[nH]c2cc(C(F)(F)F)ccc12. The van der Waals surface area contributed by atoms with Gasteiger partial charge in [0.15, 0.2) is 0 Å². The van der Waals surface area contributed by atoms with Crippen LogP contribution >= 0.6 is 0 Å². The lowest BCUT2D eigenvalue weighted by Crippen LogP contribution is -2.04. The van der Waals surface area contributed by atoms with E-state index in [0.717, 1.165) is 23.1 Å². The fourth-order valence-electron chi connectivity index (χ4n) is 1.80. The van der Waals surface area contributed by atoms with Crippen molar-refractivity contribution in [3.63, 3.8) is 0 Å². The monoisotopic (exact) mass is 227 g/mol. The van der Waals surface area contributed by atoms with Gasteiger partial charge in [-0.05, 0) is 23.6 Å². The molecule has 0 saturated heterocycles. The summed E-state index contributed by atoms with van der Waals surface area (Å²) < 4.78 is 37.4. The van der Waals surface area contributed by atoms with Gasteiger partial charge in [-0.1, -0.05) is 19.9 Å². The average molecular weight is 227 g/mol. The van der Waals surface area contributed by atoms with Crippen molar-refractivity contribution in [1.82, 2.24) is 4.98 Å². The third kappa shape index (κ3) is 1.79. The number of hydrogen-bond acceptors (Lipinski definition) is 0. The first kappa shape index (κ1) is 11.0. The molecule has 86 valence electrons. The Morgan fingerprint density at radius 2 is 1.88 bits per heavy atom. The first-order chi connectivity index (χ1) is 7.39. The van der Waals surface area contributed by atoms with Crippen LogP contribution in [0, 0.1) is 0 Å². The van der Waals surface area contributed by atoms with Gasteiger partial charge in [0.05, 0.1) is 5.56 Å². The Labute approximate surface area is 91.3 Å². The Hall–Kier alpha value is -1.45. The fourth-order valence-corrected chi connectivity index (χ4v) is 1.80. The molecule has 0 radical (unpaired) electrons. The van der Waals surface area contributed by atoms with E-state index in [0.29, 0.717) is 11.4 Å². The van der Waals surface area contributed by atoms with Crippen LogP contribution in [0.25, 0.3) is 10.9 Å². The summed E-state index contributed by atoms with van der Waals surface area (Å²) in [4.78, 5) is 2.88. The number of alkyl halides is 3. The maximum atomic E-state index is 12.5. The van der Waals surface area contributed by atoms with Crippen molar-refractivity contribution in [2.75, 3.05) is 0 Å². The van der Waals surface area contributed by atoms with Gasteiger partial charge in [0.1, 0.15) is 0 Å². The van der Waals surface area contributed by atoms with E-state index in [1.165, 1.54) is 6.07 Å². The molecule has 0 amide bonds. The zero-order valence-electron chi connectivity index (χ0n) is 9.02. The van der Waals surface area contributed by atoms with Crippen LogP contribution in [0.15, 0.2) is 24.4 Å². The average Bonchev–Trinajstić information content (AvgIpc) is 2.58. The molecule has 2 aromatic rings. The van der Waals surface area contributed by atoms with E-state index >= 15 is 0 Å². The summed E-state index contributed by atoms with van der Waals surface area (Å²) in [5.41, 5.74) is 0.972. The van der Waals surface area contributed by atoms with Crippen molar-refractivity contribution in [1.29, 1.82) is 0 Å². The third-order valence-corrected chi connectivity index (χ3v) is 2.66. The molecule has 2 rings (SSSR count). The third-order valence-electron chi connectivity index (χ3n) is 2.66. The second-order valence-corrected chi connectivity index (χ2v) is 4.16. The van der Waals surface area contributed by atoms with Crippen LogP contribution in [-0.2, 0) is 6.18 Å². The highest BCUT2D eigenvalue weighted by Gasteiger charge is 2.30. The molecule has 0 spiro atoms. The first-order valence-corrected chi connectivity index (χ1v) is 5.08. The van der Waals surface area contributed by atoms with Gasteiger partial charge in [0, 0.05) is 17.1 Å². The molecule has 4 heteroatoms. The van der Waals surface area contributed by atoms with Crippen molar-refractivity contribution >= 4 is 10.9 Å². The van der Waals surface area contributed by atoms with Crippen molar-refractivity contribution in [2.45, 2.75) is 25.9 Å². The van der Waals surface area contributed by atoms with Crippen LogP contribution in [0.5, 0.6) is 0 Å². The van der Waals surface area contributed by atoms with E-state index in [4.69, 9.17) is 0 Å². The Balaban J connectivity index is 2.58. The minimum atomic E-state index is -4.28. The number of rotatable bonds is 1. The Bertz CT molecular complexity index is 508. The molecule has 0 aliphatic rings. The van der Waals surface area contributed by atoms with Crippen molar-refractivity contribution in [3.8, 4) is 0 Å². The molecule has 0 fully saturated rings. The standard InChI is InChI=1S/C12H12F3N/c1-7(2)10-6-16-11-5-8(12(13,14)15)3-4-9(10)11/h3-7,16H,1-2H3. The predicted octanol–water partition coefficient (Wildman–Crippen LogP) is 4.31. The maximum absolute atomic E-state index is 12.5. The number of hydrogen-bond donors (Lipinski definition) is 1. The summed E-state index contributed by atoms with van der Waals surface area (Å²) in [6.45, 7) is 4.03. The molecule has 1 N–H and O–H groups in total. The van der Waals surface area contributed by atoms with Crippen molar-refractivity contribution < 1.29 is 13.2 Å². The highest BCUT2D eigenvalue weighted by molar-refractivity contribution is 5.84. The molecule has 1 nitrogen and oxygen atoms in total. The number of nitrogens with one attached hydrogen (secondary N) is 1. The predicted molar refractivity (Wildman–Crippen MR) is 57.4 cm³/mol. The van der Waals surface area contributed by atoms with Crippen LogP contribution in [0.3, 0.4) is 0 Å². The van der Waals surface area contributed by atoms with Gasteiger partial charge in [-0.15, -0.1) is 0 Å². The number of benzene rings is 1. The largest absolute Gasteiger partial charge is 0.416 e. The molecule has 0 bridgehead atoms. The van der Waals surface area contributed by atoms with E-state index in [2.05, 4.69) is 4.98 Å². The topological polar surface area (TPSA) is 15.8 Å². The lowest BCUT2D eigenvalue weighted by Gasteiger charge is -2.07. The highest BCUT2D eigenvalue weighted by Crippen LogP contribution is 2.33. The molecule has 0 saturated carbocycles. The number of aromatic amines is 1. The van der Waals surface area contributed by atoms with E-state index in [-0.39, 0.29) is 0 Å². The summed E-state index contributed by atoms with van der Waals surface area (Å²) in [5.74, 6) is 0.297. The van der Waals surface area contributed by atoms with Crippen LogP contribution in [0.2, 0.25) is 0 Å². The molecular formula is C12H12F3N. The Morgan fingerprint density at radius 3 is 2.44 bits per heavy atom. The van der Waals surface area contributed by atoms with Gasteiger partial charge in [0.25, 0.3) is 0 Å². The smallest absolute Gasteiger partial charge is 0.361 e. The zero-order valence-corrected chi connectivity index (χ0v) is 9.02. The van der Waals surface area contributed by atoms with E-state index in [1.54, 1.807) is 6.20 Å². The summed E-state index contributed by atoms with van der Waals surface area (Å²) in [6.07, 6.45) is -2.51. The number of halogens is 3. The van der Waals surface area contributed by atoms with Gasteiger partial charge in [0.2, 0.25) is 0 Å². The zero-order chi connectivity index (χ0) is 11.9. The van der Waals surface area contributed by atoms with E-state index in [1.807, 2.05) is 13.8 Å². The molecule has 0 aliphatic heterocycles. The van der Waals surface area contributed by atoms with E-state index < -0.39 is 11.7 Å². The lowest BCUT2D eigenvalue weighted by molar-refractivity contribution is -0.137. The van der Waals surface area contributed by atoms with Gasteiger partial charge < -0.3 is 4.98 Å². The lowest BCUT2D eigenvalue weighted by atomic mass is 10.0. The maximum Gasteiger partial charge on any atom is 0.416 e. The quantitative estimate of drug-likeness (QED) is 0.747. The molecule has 1 aromatic carbocycles. The van der Waals surface area contributed by atoms with Gasteiger partial charge in [-0.25, -0.2) is 0 Å². The van der Waals surface area contributed by atoms with Crippen LogP contribution < -0.4 is 0 Å². The van der Waals surface area contributed by atoms with Crippen LogP contribution in [0.1, 0.15) is 30.9 Å². The van der Waals surface area contributed by atoms with Gasteiger partial charge in [-0.3, -0.25) is 0 Å². The Kier molecular flexibility index (Phi) is 2.45. The minimum Gasteiger partial charge on any atom is -0.361 e. The number of H-pyrrole nitrogens is 1.